The highest BCUT2D eigenvalue weighted by Gasteiger charge is 2.19. The Morgan fingerprint density at radius 2 is 2.45 bits per heavy atom. The maximum atomic E-state index is 11.2. The van der Waals surface area contributed by atoms with Crippen molar-refractivity contribution in [3.63, 3.8) is 0 Å². The molecule has 2 heterocycles. The molecule has 20 heavy (non-hydrogen) atoms. The first-order chi connectivity index (χ1) is 9.63. The summed E-state index contributed by atoms with van der Waals surface area (Å²) < 4.78 is 0.863. The quantitative estimate of drug-likeness (QED) is 0.668. The van der Waals surface area contributed by atoms with E-state index in [0.29, 0.717) is 11.6 Å². The van der Waals surface area contributed by atoms with Crippen LogP contribution in [0.15, 0.2) is 12.1 Å². The van der Waals surface area contributed by atoms with E-state index in [4.69, 9.17) is 0 Å². The lowest BCUT2D eigenvalue weighted by Crippen LogP contribution is -2.17. The molecule has 0 amide bonds. The lowest BCUT2D eigenvalue weighted by atomic mass is 10.1. The van der Waals surface area contributed by atoms with Gasteiger partial charge in [-0.1, -0.05) is 0 Å². The average molecular weight is 292 g/mol. The third-order valence-corrected chi connectivity index (χ3v) is 4.49. The summed E-state index contributed by atoms with van der Waals surface area (Å²) in [5.74, 6) is 0.530. The highest BCUT2D eigenvalue weighted by molar-refractivity contribution is 7.18. The number of aryl methyl sites for hydroxylation is 1. The fourth-order valence-electron chi connectivity index (χ4n) is 2.51. The van der Waals surface area contributed by atoms with Gasteiger partial charge >= 0.3 is 0 Å². The second-order valence-corrected chi connectivity index (χ2v) is 6.30. The fraction of sp³-hybridized carbons (Fsp3) is 0.462. The zero-order valence-electron chi connectivity index (χ0n) is 11.2. The van der Waals surface area contributed by atoms with Gasteiger partial charge in [0.1, 0.15) is 5.69 Å². The van der Waals surface area contributed by atoms with E-state index in [1.807, 2.05) is 6.92 Å². The topological polar surface area (TPSA) is 80.1 Å². The van der Waals surface area contributed by atoms with Crippen molar-refractivity contribution in [3.8, 4) is 0 Å². The Morgan fingerprint density at radius 1 is 1.60 bits per heavy atom. The van der Waals surface area contributed by atoms with Crippen LogP contribution in [0.4, 0.5) is 11.4 Å². The van der Waals surface area contributed by atoms with Gasteiger partial charge in [-0.2, -0.15) is 0 Å². The summed E-state index contributed by atoms with van der Waals surface area (Å²) in [4.78, 5) is 15.3. The van der Waals surface area contributed by atoms with Crippen molar-refractivity contribution in [3.05, 3.63) is 27.3 Å². The second-order valence-electron chi connectivity index (χ2n) is 5.07. The van der Waals surface area contributed by atoms with E-state index in [0.717, 1.165) is 41.3 Å². The fourth-order valence-corrected chi connectivity index (χ4v) is 3.36. The molecule has 0 saturated carbocycles. The van der Waals surface area contributed by atoms with Crippen LogP contribution in [-0.4, -0.2) is 29.5 Å². The van der Waals surface area contributed by atoms with Gasteiger partial charge in [0, 0.05) is 12.6 Å². The van der Waals surface area contributed by atoms with Crippen molar-refractivity contribution < 1.29 is 4.92 Å². The van der Waals surface area contributed by atoms with Crippen molar-refractivity contribution >= 4 is 32.9 Å². The number of anilines is 1. The number of hydrogen-bond acceptors (Lipinski definition) is 6. The number of benzene rings is 1. The Hall–Kier alpha value is -1.73. The van der Waals surface area contributed by atoms with Crippen LogP contribution < -0.4 is 10.6 Å². The minimum Gasteiger partial charge on any atom is -0.379 e. The standard InChI is InChI=1S/C13H16N4O2S/c1-8-16-11-4-10(15-7-9-2-3-14-6-9)12(17(18)19)5-13(11)20-8/h4-5,9,14-15H,2-3,6-7H2,1H3. The van der Waals surface area contributed by atoms with Crippen LogP contribution in [0.3, 0.4) is 0 Å². The molecule has 2 N–H and O–H groups in total. The van der Waals surface area contributed by atoms with Gasteiger partial charge in [0.15, 0.2) is 0 Å². The molecule has 0 bridgehead atoms. The Labute approximate surface area is 120 Å². The number of nitrogens with one attached hydrogen (secondary N) is 2. The highest BCUT2D eigenvalue weighted by Crippen LogP contribution is 2.33. The largest absolute Gasteiger partial charge is 0.379 e. The van der Waals surface area contributed by atoms with E-state index >= 15 is 0 Å². The minimum absolute atomic E-state index is 0.132. The van der Waals surface area contributed by atoms with Crippen molar-refractivity contribution in [2.75, 3.05) is 25.0 Å². The van der Waals surface area contributed by atoms with Crippen LogP contribution in [0.5, 0.6) is 0 Å². The average Bonchev–Trinajstić information content (AvgIpc) is 3.02. The molecular weight excluding hydrogens is 276 g/mol. The normalized spacial score (nSPS) is 18.6. The van der Waals surface area contributed by atoms with Gasteiger partial charge in [0.05, 0.1) is 20.1 Å². The van der Waals surface area contributed by atoms with E-state index in [1.165, 1.54) is 11.3 Å². The highest BCUT2D eigenvalue weighted by atomic mass is 32.1. The van der Waals surface area contributed by atoms with E-state index in [-0.39, 0.29) is 10.6 Å². The third-order valence-electron chi connectivity index (χ3n) is 3.55. The van der Waals surface area contributed by atoms with Crippen LogP contribution in [0.2, 0.25) is 0 Å². The Kier molecular flexibility index (Phi) is 3.54. The van der Waals surface area contributed by atoms with Crippen LogP contribution in [-0.2, 0) is 0 Å². The monoisotopic (exact) mass is 292 g/mol. The Balaban J connectivity index is 1.89. The zero-order chi connectivity index (χ0) is 14.1. The summed E-state index contributed by atoms with van der Waals surface area (Å²) in [6.45, 7) is 4.66. The molecule has 1 aromatic heterocycles. The predicted molar refractivity (Wildman–Crippen MR) is 80.5 cm³/mol. The summed E-state index contributed by atoms with van der Waals surface area (Å²) >= 11 is 1.48. The Bertz CT molecular complexity index is 649. The molecule has 1 fully saturated rings. The molecule has 1 saturated heterocycles. The number of nitrogens with zero attached hydrogens (tertiary/aromatic N) is 2. The molecule has 6 nitrogen and oxygen atoms in total. The molecular formula is C13H16N4O2S. The molecule has 0 spiro atoms. The van der Waals surface area contributed by atoms with E-state index < -0.39 is 0 Å². The molecule has 2 aromatic rings. The smallest absolute Gasteiger partial charge is 0.293 e. The molecule has 106 valence electrons. The van der Waals surface area contributed by atoms with Gasteiger partial charge in [0.25, 0.3) is 5.69 Å². The lowest BCUT2D eigenvalue weighted by Gasteiger charge is -2.11. The van der Waals surface area contributed by atoms with E-state index in [2.05, 4.69) is 15.6 Å². The van der Waals surface area contributed by atoms with Crippen molar-refractivity contribution in [2.45, 2.75) is 13.3 Å². The summed E-state index contributed by atoms with van der Waals surface area (Å²) in [7, 11) is 0. The molecule has 1 aromatic carbocycles. The van der Waals surface area contributed by atoms with E-state index in [9.17, 15) is 10.1 Å². The van der Waals surface area contributed by atoms with Gasteiger partial charge in [-0.05, 0) is 38.4 Å². The van der Waals surface area contributed by atoms with Crippen molar-refractivity contribution in [1.82, 2.24) is 10.3 Å². The number of thiazole rings is 1. The first kappa shape index (κ1) is 13.3. The molecule has 1 unspecified atom stereocenters. The molecule has 0 aliphatic carbocycles. The molecule has 0 radical (unpaired) electrons. The molecule has 1 aliphatic heterocycles. The molecule has 1 atom stereocenters. The summed E-state index contributed by atoms with van der Waals surface area (Å²) in [5.41, 5.74) is 1.52. The van der Waals surface area contributed by atoms with Gasteiger partial charge < -0.3 is 10.6 Å². The zero-order valence-corrected chi connectivity index (χ0v) is 12.0. The Morgan fingerprint density at radius 3 is 3.15 bits per heavy atom. The first-order valence-electron chi connectivity index (χ1n) is 6.63. The second kappa shape index (κ2) is 5.34. The molecule has 3 rings (SSSR count). The summed E-state index contributed by atoms with van der Waals surface area (Å²) in [6, 6.07) is 3.41. The number of aromatic nitrogens is 1. The van der Waals surface area contributed by atoms with Crippen molar-refractivity contribution in [2.24, 2.45) is 5.92 Å². The van der Waals surface area contributed by atoms with Gasteiger partial charge in [-0.25, -0.2) is 4.98 Å². The molecule has 1 aliphatic rings. The van der Waals surface area contributed by atoms with Crippen molar-refractivity contribution in [1.29, 1.82) is 0 Å². The summed E-state index contributed by atoms with van der Waals surface area (Å²) in [6.07, 6.45) is 1.11. The number of nitro benzene ring substituents is 1. The van der Waals surface area contributed by atoms with Gasteiger partial charge in [-0.15, -0.1) is 11.3 Å². The third kappa shape index (κ3) is 2.59. The number of nitro groups is 1. The van der Waals surface area contributed by atoms with Crippen LogP contribution in [0, 0.1) is 23.0 Å². The maximum absolute atomic E-state index is 11.2. The van der Waals surface area contributed by atoms with Crippen LogP contribution in [0.1, 0.15) is 11.4 Å². The number of fused-ring (bicyclic) bond motifs is 1. The molecule has 7 heteroatoms. The number of hydrogen-bond donors (Lipinski definition) is 2. The van der Waals surface area contributed by atoms with Crippen LogP contribution >= 0.6 is 11.3 Å². The van der Waals surface area contributed by atoms with E-state index in [1.54, 1.807) is 12.1 Å². The maximum Gasteiger partial charge on any atom is 0.293 e. The number of rotatable bonds is 4. The minimum atomic E-state index is -0.330. The summed E-state index contributed by atoms with van der Waals surface area (Å²) in [5, 5.41) is 18.6. The lowest BCUT2D eigenvalue weighted by molar-refractivity contribution is -0.383. The SMILES string of the molecule is Cc1nc2cc(NCC3CCNC3)c([N+](=O)[O-])cc2s1. The first-order valence-corrected chi connectivity index (χ1v) is 7.45. The van der Waals surface area contributed by atoms with Crippen LogP contribution in [0.25, 0.3) is 10.2 Å². The van der Waals surface area contributed by atoms with Gasteiger partial charge in [0.2, 0.25) is 0 Å². The van der Waals surface area contributed by atoms with Gasteiger partial charge in [-0.3, -0.25) is 10.1 Å². The predicted octanol–water partition coefficient (Wildman–Crippen LogP) is 2.53.